The minimum Gasteiger partial charge on any atom is -0.379 e. The minimum atomic E-state index is -1.19. The highest BCUT2D eigenvalue weighted by Gasteiger charge is 2.27. The van der Waals surface area contributed by atoms with Gasteiger partial charge in [0.1, 0.15) is 5.60 Å². The molecule has 2 aromatic heterocycles. The van der Waals surface area contributed by atoms with Crippen molar-refractivity contribution in [1.29, 1.82) is 0 Å². The van der Waals surface area contributed by atoms with Gasteiger partial charge in [0.05, 0.1) is 12.9 Å². The molecule has 4 nitrogen and oxygen atoms in total. The molecule has 5 heteroatoms. The number of aliphatic hydroxyl groups is 1. The summed E-state index contributed by atoms with van der Waals surface area (Å²) in [6.45, 7) is 0.350. The Bertz CT molecular complexity index is 770. The van der Waals surface area contributed by atoms with E-state index in [0.717, 1.165) is 11.1 Å². The zero-order valence-corrected chi connectivity index (χ0v) is 13.1. The zero-order chi connectivity index (χ0) is 16.1. The monoisotopic (exact) mass is 325 g/mol. The summed E-state index contributed by atoms with van der Waals surface area (Å²) in [5.74, 6) is 0. The molecular weight excluding hydrogens is 310 g/mol. The first-order valence-corrected chi connectivity index (χ1v) is 7.57. The Morgan fingerprint density at radius 1 is 1.13 bits per heavy atom. The van der Waals surface area contributed by atoms with Gasteiger partial charge >= 0.3 is 0 Å². The van der Waals surface area contributed by atoms with E-state index in [1.807, 2.05) is 53.2 Å². The molecule has 0 fully saturated rings. The van der Waals surface area contributed by atoms with E-state index in [4.69, 9.17) is 11.6 Å². The lowest BCUT2D eigenvalue weighted by Gasteiger charge is -2.25. The predicted molar refractivity (Wildman–Crippen MR) is 90.8 cm³/mol. The SMILES string of the molecule is O[C@@](/C=C\c1ccc(Cl)cc1)(Cn1ccnc1)c1cccnc1. The van der Waals surface area contributed by atoms with Gasteiger partial charge in [0.2, 0.25) is 0 Å². The summed E-state index contributed by atoms with van der Waals surface area (Å²) in [6, 6.07) is 11.1. The molecule has 116 valence electrons. The smallest absolute Gasteiger partial charge is 0.127 e. The van der Waals surface area contributed by atoms with Gasteiger partial charge in [-0.15, -0.1) is 0 Å². The van der Waals surface area contributed by atoms with Crippen molar-refractivity contribution in [3.05, 3.63) is 89.7 Å². The van der Waals surface area contributed by atoms with Crippen LogP contribution in [0.3, 0.4) is 0 Å². The van der Waals surface area contributed by atoms with Crippen molar-refractivity contribution in [1.82, 2.24) is 14.5 Å². The molecule has 2 heterocycles. The van der Waals surface area contributed by atoms with Crippen LogP contribution in [-0.4, -0.2) is 19.6 Å². The van der Waals surface area contributed by atoms with Gasteiger partial charge in [-0.1, -0.05) is 35.9 Å². The molecule has 0 saturated heterocycles. The summed E-state index contributed by atoms with van der Waals surface area (Å²) < 4.78 is 1.83. The third-order valence-corrected chi connectivity index (χ3v) is 3.82. The number of halogens is 1. The summed E-state index contributed by atoms with van der Waals surface area (Å²) in [5, 5.41) is 11.9. The first-order valence-electron chi connectivity index (χ1n) is 7.19. The van der Waals surface area contributed by atoms with Gasteiger partial charge in [-0.3, -0.25) is 4.98 Å². The third kappa shape index (κ3) is 3.86. The van der Waals surface area contributed by atoms with Crippen LogP contribution >= 0.6 is 11.6 Å². The maximum absolute atomic E-state index is 11.2. The van der Waals surface area contributed by atoms with Gasteiger partial charge in [-0.25, -0.2) is 4.98 Å². The van der Waals surface area contributed by atoms with Crippen molar-refractivity contribution in [3.63, 3.8) is 0 Å². The van der Waals surface area contributed by atoms with Crippen LogP contribution in [-0.2, 0) is 12.1 Å². The van der Waals surface area contributed by atoms with Crippen molar-refractivity contribution in [3.8, 4) is 0 Å². The number of rotatable bonds is 5. The highest BCUT2D eigenvalue weighted by atomic mass is 35.5. The fourth-order valence-electron chi connectivity index (χ4n) is 2.33. The van der Waals surface area contributed by atoms with Gasteiger partial charge in [-0.05, 0) is 29.8 Å². The topological polar surface area (TPSA) is 50.9 Å². The molecule has 0 spiro atoms. The average molecular weight is 326 g/mol. The van der Waals surface area contributed by atoms with Gasteiger partial charge in [0.25, 0.3) is 0 Å². The lowest BCUT2D eigenvalue weighted by molar-refractivity contribution is 0.0701. The van der Waals surface area contributed by atoms with E-state index in [9.17, 15) is 5.11 Å². The quantitative estimate of drug-likeness (QED) is 0.780. The molecule has 0 aliphatic rings. The zero-order valence-electron chi connectivity index (χ0n) is 12.4. The highest BCUT2D eigenvalue weighted by Crippen LogP contribution is 2.25. The molecule has 1 aromatic carbocycles. The maximum Gasteiger partial charge on any atom is 0.127 e. The molecular formula is C18H16ClN3O. The molecule has 3 aromatic rings. The molecule has 0 radical (unpaired) electrons. The Kier molecular flexibility index (Phi) is 4.55. The number of nitrogens with zero attached hydrogens (tertiary/aromatic N) is 3. The number of hydrogen-bond donors (Lipinski definition) is 1. The van der Waals surface area contributed by atoms with Crippen LogP contribution in [0.25, 0.3) is 6.08 Å². The summed E-state index contributed by atoms with van der Waals surface area (Å²) >= 11 is 5.90. The second-order valence-corrected chi connectivity index (χ2v) is 5.72. The predicted octanol–water partition coefficient (Wildman–Crippen LogP) is 3.53. The van der Waals surface area contributed by atoms with E-state index in [1.165, 1.54) is 0 Å². The average Bonchev–Trinajstić information content (AvgIpc) is 3.08. The minimum absolute atomic E-state index is 0.350. The number of imidazole rings is 1. The van der Waals surface area contributed by atoms with Crippen LogP contribution in [0.15, 0.2) is 73.6 Å². The lowest BCUT2D eigenvalue weighted by Crippen LogP contribution is -2.28. The summed E-state index contributed by atoms with van der Waals surface area (Å²) in [5.41, 5.74) is 0.496. The Balaban J connectivity index is 1.93. The molecule has 23 heavy (non-hydrogen) atoms. The number of pyridine rings is 1. The highest BCUT2D eigenvalue weighted by molar-refractivity contribution is 6.30. The maximum atomic E-state index is 11.2. The van der Waals surface area contributed by atoms with Gasteiger partial charge < -0.3 is 9.67 Å². The Morgan fingerprint density at radius 3 is 2.61 bits per heavy atom. The third-order valence-electron chi connectivity index (χ3n) is 3.57. The summed E-state index contributed by atoms with van der Waals surface area (Å²) in [4.78, 5) is 8.14. The Morgan fingerprint density at radius 2 is 1.96 bits per heavy atom. The van der Waals surface area contributed by atoms with E-state index in [1.54, 1.807) is 31.0 Å². The molecule has 0 aliphatic carbocycles. The summed E-state index contributed by atoms with van der Waals surface area (Å²) in [7, 11) is 0. The molecule has 1 N–H and O–H groups in total. The number of hydrogen-bond acceptors (Lipinski definition) is 3. The van der Waals surface area contributed by atoms with Crippen LogP contribution in [0.5, 0.6) is 0 Å². The van der Waals surface area contributed by atoms with Crippen LogP contribution in [0, 0.1) is 0 Å². The summed E-state index contributed by atoms with van der Waals surface area (Å²) in [6.07, 6.45) is 12.2. The number of benzene rings is 1. The fraction of sp³-hybridized carbons (Fsp3) is 0.111. The Hall–Kier alpha value is -2.43. The normalized spacial score (nSPS) is 14.0. The van der Waals surface area contributed by atoms with Gasteiger partial charge in [0, 0.05) is 35.4 Å². The van der Waals surface area contributed by atoms with Gasteiger partial charge in [-0.2, -0.15) is 0 Å². The van der Waals surface area contributed by atoms with Gasteiger partial charge in [0.15, 0.2) is 0 Å². The van der Waals surface area contributed by atoms with Crippen LogP contribution in [0.4, 0.5) is 0 Å². The Labute approximate surface area is 139 Å². The second kappa shape index (κ2) is 6.77. The van der Waals surface area contributed by atoms with E-state index in [-0.39, 0.29) is 0 Å². The molecule has 0 amide bonds. The van der Waals surface area contributed by atoms with E-state index in [2.05, 4.69) is 9.97 Å². The molecule has 0 bridgehead atoms. The van der Waals surface area contributed by atoms with Crippen molar-refractivity contribution < 1.29 is 5.11 Å². The molecule has 3 rings (SSSR count). The van der Waals surface area contributed by atoms with Crippen LogP contribution in [0.1, 0.15) is 11.1 Å². The molecule has 0 aliphatic heterocycles. The lowest BCUT2D eigenvalue weighted by atomic mass is 9.93. The molecule has 0 saturated carbocycles. The van der Waals surface area contributed by atoms with E-state index in [0.29, 0.717) is 11.6 Å². The largest absolute Gasteiger partial charge is 0.379 e. The number of aromatic nitrogens is 3. The first kappa shape index (κ1) is 15.5. The first-order chi connectivity index (χ1) is 11.2. The van der Waals surface area contributed by atoms with Crippen LogP contribution < -0.4 is 0 Å². The fourth-order valence-corrected chi connectivity index (χ4v) is 2.45. The molecule has 1 atom stereocenters. The second-order valence-electron chi connectivity index (χ2n) is 5.29. The van der Waals surface area contributed by atoms with Crippen molar-refractivity contribution in [2.45, 2.75) is 12.1 Å². The van der Waals surface area contributed by atoms with Crippen molar-refractivity contribution in [2.24, 2.45) is 0 Å². The standard InChI is InChI=1S/C18H16ClN3O/c19-17-5-3-15(4-6-17)7-8-18(23,13-22-11-10-21-14-22)16-2-1-9-20-12-16/h1-12,14,23H,13H2/b8-7-/t18-/m0/s1. The van der Waals surface area contributed by atoms with Crippen molar-refractivity contribution >= 4 is 17.7 Å². The van der Waals surface area contributed by atoms with E-state index < -0.39 is 5.60 Å². The molecule has 0 unspecified atom stereocenters. The van der Waals surface area contributed by atoms with E-state index >= 15 is 0 Å². The van der Waals surface area contributed by atoms with Crippen LogP contribution in [0.2, 0.25) is 5.02 Å². The van der Waals surface area contributed by atoms with Crippen molar-refractivity contribution in [2.75, 3.05) is 0 Å².